The normalized spacial score (nSPS) is 15.0. The molecular weight excluding hydrogens is 216 g/mol. The Morgan fingerprint density at radius 3 is 1.81 bits per heavy atom. The van der Waals surface area contributed by atoms with Crippen LogP contribution in [0.5, 0.6) is 0 Å². The maximum absolute atomic E-state index is 6.20. The molecule has 0 aromatic carbocycles. The third-order valence-corrected chi connectivity index (χ3v) is 4.47. The van der Waals surface area contributed by atoms with Crippen molar-refractivity contribution in [2.75, 3.05) is 5.88 Å². The van der Waals surface area contributed by atoms with Crippen molar-refractivity contribution in [2.24, 2.45) is 5.41 Å². The summed E-state index contributed by atoms with van der Waals surface area (Å²) in [5.41, 5.74) is 0.448. The molecule has 0 N–H and O–H groups in total. The van der Waals surface area contributed by atoms with Gasteiger partial charge in [0.2, 0.25) is 0 Å². The molecule has 0 aromatic heterocycles. The molecule has 98 valence electrons. The second-order valence-corrected chi connectivity index (χ2v) is 5.52. The first-order valence-corrected chi connectivity index (χ1v) is 7.84. The van der Waals surface area contributed by atoms with E-state index in [2.05, 4.69) is 20.8 Å². The van der Waals surface area contributed by atoms with Gasteiger partial charge in [-0.1, -0.05) is 65.7 Å². The Labute approximate surface area is 108 Å². The highest BCUT2D eigenvalue weighted by atomic mass is 35.5. The second-order valence-electron chi connectivity index (χ2n) is 5.25. The maximum atomic E-state index is 6.20. The van der Waals surface area contributed by atoms with Gasteiger partial charge in [0.15, 0.2) is 0 Å². The van der Waals surface area contributed by atoms with Gasteiger partial charge >= 0.3 is 0 Å². The van der Waals surface area contributed by atoms with Gasteiger partial charge < -0.3 is 0 Å². The fourth-order valence-electron chi connectivity index (χ4n) is 2.36. The van der Waals surface area contributed by atoms with Crippen LogP contribution < -0.4 is 0 Å². The van der Waals surface area contributed by atoms with Crippen LogP contribution in [0.25, 0.3) is 0 Å². The summed E-state index contributed by atoms with van der Waals surface area (Å²) >= 11 is 6.20. The lowest BCUT2D eigenvalue weighted by Gasteiger charge is -2.30. The summed E-state index contributed by atoms with van der Waals surface area (Å²) in [6, 6.07) is 0. The Hall–Kier alpha value is 0.290. The van der Waals surface area contributed by atoms with Gasteiger partial charge in [0.05, 0.1) is 0 Å². The summed E-state index contributed by atoms with van der Waals surface area (Å²) in [5.74, 6) is 0.858. The van der Waals surface area contributed by atoms with Gasteiger partial charge in [-0.25, -0.2) is 0 Å². The SMILES string of the molecule is CCCCCCCC(CC)(CCl)CCCC. The molecule has 0 aliphatic carbocycles. The zero-order valence-electron chi connectivity index (χ0n) is 11.7. The predicted octanol–water partition coefficient (Wildman–Crippen LogP) is 6.17. The summed E-state index contributed by atoms with van der Waals surface area (Å²) in [6.07, 6.45) is 13.5. The second kappa shape index (κ2) is 10.4. The molecule has 1 heteroatoms. The number of hydrogen-bond donors (Lipinski definition) is 0. The molecule has 1 unspecified atom stereocenters. The fourth-order valence-corrected chi connectivity index (χ4v) is 2.82. The molecular formula is C15H31Cl. The van der Waals surface area contributed by atoms with E-state index in [4.69, 9.17) is 11.6 Å². The van der Waals surface area contributed by atoms with Crippen LogP contribution >= 0.6 is 11.6 Å². The summed E-state index contributed by atoms with van der Waals surface area (Å²) < 4.78 is 0. The Balaban J connectivity index is 3.82. The van der Waals surface area contributed by atoms with Gasteiger partial charge in [-0.3, -0.25) is 0 Å². The average Bonchev–Trinajstić information content (AvgIpc) is 2.33. The lowest BCUT2D eigenvalue weighted by molar-refractivity contribution is 0.248. The number of rotatable bonds is 11. The van der Waals surface area contributed by atoms with E-state index in [9.17, 15) is 0 Å². The third-order valence-electron chi connectivity index (χ3n) is 3.90. The molecule has 0 saturated heterocycles. The lowest BCUT2D eigenvalue weighted by atomic mass is 9.77. The van der Waals surface area contributed by atoms with Crippen molar-refractivity contribution in [1.29, 1.82) is 0 Å². The number of halogens is 1. The molecule has 0 aromatic rings. The minimum atomic E-state index is 0.448. The molecule has 0 fully saturated rings. The van der Waals surface area contributed by atoms with E-state index in [1.807, 2.05) is 0 Å². The predicted molar refractivity (Wildman–Crippen MR) is 76.3 cm³/mol. The minimum absolute atomic E-state index is 0.448. The highest BCUT2D eigenvalue weighted by molar-refractivity contribution is 6.18. The first-order chi connectivity index (χ1) is 7.74. The summed E-state index contributed by atoms with van der Waals surface area (Å²) in [5, 5.41) is 0. The highest BCUT2D eigenvalue weighted by Gasteiger charge is 2.25. The van der Waals surface area contributed by atoms with E-state index >= 15 is 0 Å². The Morgan fingerprint density at radius 1 is 0.750 bits per heavy atom. The van der Waals surface area contributed by atoms with Crippen LogP contribution in [0.15, 0.2) is 0 Å². The van der Waals surface area contributed by atoms with Crippen LogP contribution in [0, 0.1) is 5.41 Å². The summed E-state index contributed by atoms with van der Waals surface area (Å²) in [4.78, 5) is 0. The summed E-state index contributed by atoms with van der Waals surface area (Å²) in [6.45, 7) is 6.86. The van der Waals surface area contributed by atoms with E-state index in [0.29, 0.717) is 5.41 Å². The van der Waals surface area contributed by atoms with Crippen molar-refractivity contribution in [3.63, 3.8) is 0 Å². The van der Waals surface area contributed by atoms with Gasteiger partial charge in [0.1, 0.15) is 0 Å². The zero-order valence-corrected chi connectivity index (χ0v) is 12.4. The van der Waals surface area contributed by atoms with Gasteiger partial charge in [0.25, 0.3) is 0 Å². The van der Waals surface area contributed by atoms with Crippen molar-refractivity contribution < 1.29 is 0 Å². The van der Waals surface area contributed by atoms with Crippen LogP contribution in [-0.4, -0.2) is 5.88 Å². The van der Waals surface area contributed by atoms with Gasteiger partial charge in [0, 0.05) is 5.88 Å². The van der Waals surface area contributed by atoms with Crippen LogP contribution in [-0.2, 0) is 0 Å². The first kappa shape index (κ1) is 16.3. The number of unbranched alkanes of at least 4 members (excludes halogenated alkanes) is 5. The first-order valence-electron chi connectivity index (χ1n) is 7.30. The van der Waals surface area contributed by atoms with Crippen LogP contribution in [0.3, 0.4) is 0 Å². The number of hydrogen-bond acceptors (Lipinski definition) is 0. The molecule has 0 amide bonds. The van der Waals surface area contributed by atoms with E-state index in [1.54, 1.807) is 0 Å². The van der Waals surface area contributed by atoms with Crippen molar-refractivity contribution in [3.05, 3.63) is 0 Å². The Bertz CT molecular complexity index is 138. The quantitative estimate of drug-likeness (QED) is 0.302. The van der Waals surface area contributed by atoms with Crippen LogP contribution in [0.4, 0.5) is 0 Å². The minimum Gasteiger partial charge on any atom is -0.126 e. The number of alkyl halides is 1. The molecule has 1 atom stereocenters. The average molecular weight is 247 g/mol. The van der Waals surface area contributed by atoms with Crippen molar-refractivity contribution in [3.8, 4) is 0 Å². The smallest absolute Gasteiger partial charge is 0.0279 e. The maximum Gasteiger partial charge on any atom is 0.0279 e. The largest absolute Gasteiger partial charge is 0.126 e. The Kier molecular flexibility index (Phi) is 10.6. The van der Waals surface area contributed by atoms with Crippen molar-refractivity contribution in [1.82, 2.24) is 0 Å². The monoisotopic (exact) mass is 246 g/mol. The van der Waals surface area contributed by atoms with E-state index < -0.39 is 0 Å². The highest BCUT2D eigenvalue weighted by Crippen LogP contribution is 2.36. The molecule has 0 aliphatic rings. The molecule has 0 rings (SSSR count). The van der Waals surface area contributed by atoms with Gasteiger partial charge in [-0.15, -0.1) is 11.6 Å². The molecule has 0 bridgehead atoms. The topological polar surface area (TPSA) is 0 Å². The van der Waals surface area contributed by atoms with Crippen LogP contribution in [0.1, 0.15) is 85.0 Å². The molecule has 0 radical (unpaired) electrons. The van der Waals surface area contributed by atoms with Crippen molar-refractivity contribution in [2.45, 2.75) is 85.0 Å². The van der Waals surface area contributed by atoms with Gasteiger partial charge in [-0.2, -0.15) is 0 Å². The van der Waals surface area contributed by atoms with E-state index in [1.165, 1.54) is 64.2 Å². The van der Waals surface area contributed by atoms with Crippen LogP contribution in [0.2, 0.25) is 0 Å². The third kappa shape index (κ3) is 6.78. The Morgan fingerprint density at radius 2 is 1.31 bits per heavy atom. The lowest BCUT2D eigenvalue weighted by Crippen LogP contribution is -2.22. The van der Waals surface area contributed by atoms with E-state index in [-0.39, 0.29) is 0 Å². The summed E-state index contributed by atoms with van der Waals surface area (Å²) in [7, 11) is 0. The molecule has 0 spiro atoms. The van der Waals surface area contributed by atoms with Crippen molar-refractivity contribution >= 4 is 11.6 Å². The molecule has 0 aliphatic heterocycles. The molecule has 0 saturated carbocycles. The standard InChI is InChI=1S/C15H31Cl/c1-4-7-9-10-11-13-15(6-3,14-16)12-8-5-2/h4-14H2,1-3H3. The fraction of sp³-hybridized carbons (Fsp3) is 1.00. The molecule has 0 heterocycles. The van der Waals surface area contributed by atoms with Gasteiger partial charge in [-0.05, 0) is 24.7 Å². The molecule has 0 nitrogen and oxygen atoms in total. The van der Waals surface area contributed by atoms with E-state index in [0.717, 1.165) is 5.88 Å². The zero-order chi connectivity index (χ0) is 12.3. The molecule has 16 heavy (non-hydrogen) atoms.